The minimum Gasteiger partial charge on any atom is -0.0845 e. The van der Waals surface area contributed by atoms with Gasteiger partial charge in [-0.15, -0.1) is 0 Å². The van der Waals surface area contributed by atoms with Gasteiger partial charge < -0.3 is 0 Å². The molecule has 1 aliphatic carbocycles. The van der Waals surface area contributed by atoms with Crippen LogP contribution in [-0.2, 0) is 0 Å². The quantitative estimate of drug-likeness (QED) is 0.382. The van der Waals surface area contributed by atoms with Crippen LogP contribution in [0.25, 0.3) is 0 Å². The summed E-state index contributed by atoms with van der Waals surface area (Å²) in [6, 6.07) is 0. The third-order valence-electron chi connectivity index (χ3n) is 5.71. The minimum atomic E-state index is 1.10. The lowest BCUT2D eigenvalue weighted by Gasteiger charge is -2.03. The van der Waals surface area contributed by atoms with Crippen molar-refractivity contribution < 1.29 is 0 Å². The number of rotatable bonds is 0. The number of hydrogen-bond acceptors (Lipinski definition) is 0. The summed E-state index contributed by atoms with van der Waals surface area (Å²) in [7, 11) is 0. The van der Waals surface area contributed by atoms with Crippen LogP contribution in [0.1, 0.15) is 122 Å². The van der Waals surface area contributed by atoms with Crippen LogP contribution in [0.4, 0.5) is 0 Å². The van der Waals surface area contributed by atoms with E-state index in [0.717, 1.165) is 6.42 Å². The molecule has 0 N–H and O–H groups in total. The summed E-state index contributed by atoms with van der Waals surface area (Å²) < 4.78 is 0. The van der Waals surface area contributed by atoms with Gasteiger partial charge in [0.05, 0.1) is 0 Å². The SMILES string of the molecule is [C]1=C/C=C\C=C/C=C\C=C/CCCCCCCCCCCCCCCCCCC\1. The first-order valence-electron chi connectivity index (χ1n) is 12.7. The predicted octanol–water partition coefficient (Wildman–Crippen LogP) is 10.00. The molecule has 0 spiro atoms. The van der Waals surface area contributed by atoms with Crippen molar-refractivity contribution in [2.24, 2.45) is 0 Å². The Morgan fingerprint density at radius 3 is 1.24 bits per heavy atom. The molecule has 0 heterocycles. The molecule has 0 saturated heterocycles. The van der Waals surface area contributed by atoms with Crippen molar-refractivity contribution in [3.63, 3.8) is 0 Å². The maximum atomic E-state index is 3.39. The van der Waals surface area contributed by atoms with Gasteiger partial charge in [-0.2, -0.15) is 0 Å². The summed E-state index contributed by atoms with van der Waals surface area (Å²) in [5.41, 5.74) is 0. The maximum Gasteiger partial charge on any atom is -0.0276 e. The number of allylic oxidation sites excluding steroid dienone is 10. The van der Waals surface area contributed by atoms with Gasteiger partial charge >= 0.3 is 0 Å². The Balaban J connectivity index is 2.21. The van der Waals surface area contributed by atoms with Crippen molar-refractivity contribution >= 4 is 0 Å². The third kappa shape index (κ3) is 21.2. The van der Waals surface area contributed by atoms with Gasteiger partial charge in [0.25, 0.3) is 0 Å². The second kappa shape index (κ2) is 23.0. The van der Waals surface area contributed by atoms with Crippen molar-refractivity contribution in [2.75, 3.05) is 0 Å². The fourth-order valence-electron chi connectivity index (χ4n) is 3.84. The summed E-state index contributed by atoms with van der Waals surface area (Å²) in [6.45, 7) is 0. The highest BCUT2D eigenvalue weighted by molar-refractivity contribution is 5.17. The molecular formula is C29H47. The molecule has 1 radical (unpaired) electrons. The van der Waals surface area contributed by atoms with Crippen molar-refractivity contribution in [3.8, 4) is 0 Å². The van der Waals surface area contributed by atoms with Crippen LogP contribution in [0.3, 0.4) is 0 Å². The maximum absolute atomic E-state index is 3.39. The van der Waals surface area contributed by atoms with Crippen molar-refractivity contribution in [2.45, 2.75) is 122 Å². The zero-order valence-corrected chi connectivity index (χ0v) is 19.1. The van der Waals surface area contributed by atoms with E-state index in [-0.39, 0.29) is 0 Å². The van der Waals surface area contributed by atoms with E-state index in [9.17, 15) is 0 Å². The first-order chi connectivity index (χ1) is 14.5. The topological polar surface area (TPSA) is 0 Å². The fraction of sp³-hybridized carbons (Fsp3) is 0.655. The van der Waals surface area contributed by atoms with Crippen LogP contribution in [-0.4, -0.2) is 0 Å². The molecule has 0 aromatic heterocycles. The van der Waals surface area contributed by atoms with Gasteiger partial charge in [-0.3, -0.25) is 0 Å². The Morgan fingerprint density at radius 2 is 0.724 bits per heavy atom. The molecule has 29 heavy (non-hydrogen) atoms. The molecule has 0 aromatic rings. The number of hydrogen-bond donors (Lipinski definition) is 0. The van der Waals surface area contributed by atoms with Gasteiger partial charge in [-0.1, -0.05) is 151 Å². The van der Waals surface area contributed by atoms with Gasteiger partial charge in [0.15, 0.2) is 0 Å². The normalized spacial score (nSPS) is 26.8. The highest BCUT2D eigenvalue weighted by Gasteiger charge is 1.95. The Labute approximate surface area is 183 Å². The van der Waals surface area contributed by atoms with Crippen molar-refractivity contribution in [1.82, 2.24) is 0 Å². The highest BCUT2D eigenvalue weighted by Crippen LogP contribution is 2.14. The molecule has 0 heteroatoms. The molecular weight excluding hydrogens is 348 g/mol. The fourth-order valence-corrected chi connectivity index (χ4v) is 3.84. The molecule has 0 aliphatic heterocycles. The lowest BCUT2D eigenvalue weighted by atomic mass is 10.0. The average Bonchev–Trinajstić information content (AvgIpc) is 2.73. The van der Waals surface area contributed by atoms with E-state index in [4.69, 9.17) is 0 Å². The second-order valence-electron chi connectivity index (χ2n) is 8.50. The lowest BCUT2D eigenvalue weighted by Crippen LogP contribution is -1.84. The van der Waals surface area contributed by atoms with Gasteiger partial charge in [-0.25, -0.2) is 0 Å². The van der Waals surface area contributed by atoms with Gasteiger partial charge in [-0.05, 0) is 31.8 Å². The molecule has 0 fully saturated rings. The predicted molar refractivity (Wildman–Crippen MR) is 132 cm³/mol. The van der Waals surface area contributed by atoms with Crippen LogP contribution in [0, 0.1) is 6.08 Å². The van der Waals surface area contributed by atoms with Crippen LogP contribution < -0.4 is 0 Å². The van der Waals surface area contributed by atoms with Crippen molar-refractivity contribution in [3.05, 3.63) is 60.8 Å². The van der Waals surface area contributed by atoms with Crippen molar-refractivity contribution in [1.29, 1.82) is 0 Å². The Kier molecular flexibility index (Phi) is 20.4. The van der Waals surface area contributed by atoms with Crippen LogP contribution in [0.15, 0.2) is 54.7 Å². The van der Waals surface area contributed by atoms with E-state index in [1.54, 1.807) is 0 Å². The Bertz CT molecular complexity index is 418. The summed E-state index contributed by atoms with van der Waals surface area (Å²) in [4.78, 5) is 0. The zero-order chi connectivity index (χ0) is 20.5. The standard InChI is InChI=1S/C29H47/c1-2-4-6-8-10-12-14-16-18-20-22-24-26-28-29-27-25-23-21-19-17-15-13-11-9-7-5-3-1/h1-9H,10,12-29H2/b3-1-,4-2-,7-5-,8-6-,11-9?. The Hall–Kier alpha value is -1.30. The molecule has 163 valence electrons. The van der Waals surface area contributed by atoms with E-state index < -0.39 is 0 Å². The van der Waals surface area contributed by atoms with E-state index in [1.165, 1.54) is 116 Å². The molecule has 1 aliphatic rings. The van der Waals surface area contributed by atoms with Gasteiger partial charge in [0, 0.05) is 0 Å². The molecule has 0 saturated carbocycles. The lowest BCUT2D eigenvalue weighted by molar-refractivity contribution is 0.526. The van der Waals surface area contributed by atoms with E-state index in [1.807, 2.05) is 0 Å². The summed E-state index contributed by atoms with van der Waals surface area (Å²) >= 11 is 0. The van der Waals surface area contributed by atoms with E-state index in [0.29, 0.717) is 0 Å². The second-order valence-corrected chi connectivity index (χ2v) is 8.50. The summed E-state index contributed by atoms with van der Waals surface area (Å²) in [6.07, 6.45) is 49.0. The monoisotopic (exact) mass is 395 g/mol. The highest BCUT2D eigenvalue weighted by atomic mass is 14.0. The molecule has 1 rings (SSSR count). The molecule has 0 atom stereocenters. The third-order valence-corrected chi connectivity index (χ3v) is 5.71. The van der Waals surface area contributed by atoms with Gasteiger partial charge in [0.2, 0.25) is 0 Å². The zero-order valence-electron chi connectivity index (χ0n) is 19.1. The van der Waals surface area contributed by atoms with E-state index >= 15 is 0 Å². The van der Waals surface area contributed by atoms with E-state index in [2.05, 4.69) is 60.8 Å². The molecule has 0 bridgehead atoms. The molecule has 0 amide bonds. The van der Waals surface area contributed by atoms with Crippen LogP contribution in [0.2, 0.25) is 0 Å². The first kappa shape index (κ1) is 25.7. The first-order valence-corrected chi connectivity index (χ1v) is 12.7. The summed E-state index contributed by atoms with van der Waals surface area (Å²) in [5, 5.41) is 0. The van der Waals surface area contributed by atoms with Gasteiger partial charge in [0.1, 0.15) is 0 Å². The largest absolute Gasteiger partial charge is 0.0845 e. The summed E-state index contributed by atoms with van der Waals surface area (Å²) in [5.74, 6) is 0. The average molecular weight is 396 g/mol. The minimum absolute atomic E-state index is 1.10. The molecule has 0 nitrogen and oxygen atoms in total. The molecule has 0 unspecified atom stereocenters. The van der Waals surface area contributed by atoms with Crippen LogP contribution in [0.5, 0.6) is 0 Å². The van der Waals surface area contributed by atoms with Crippen LogP contribution >= 0.6 is 0 Å². The molecule has 0 aromatic carbocycles. The Morgan fingerprint density at radius 1 is 0.345 bits per heavy atom. The smallest absolute Gasteiger partial charge is 0.0276 e.